The Bertz CT molecular complexity index is 4280. The number of para-hydroxylation sites is 3. The summed E-state index contributed by atoms with van der Waals surface area (Å²) in [4.78, 5) is -0.128. The maximum absolute atomic E-state index is 10.4. The van der Waals surface area contributed by atoms with Crippen molar-refractivity contribution >= 4 is 79.2 Å². The van der Waals surface area contributed by atoms with E-state index >= 15 is 0 Å². The van der Waals surface area contributed by atoms with Gasteiger partial charge in [0.1, 0.15) is 11.5 Å². The normalized spacial score (nSPS) is 17.8. The molecule has 0 radical (unpaired) electrons. The predicted octanol–water partition coefficient (Wildman–Crippen LogP) is 9.81. The molecule has 0 bridgehead atoms. The van der Waals surface area contributed by atoms with E-state index in [1.54, 1.807) is 0 Å². The summed E-state index contributed by atoms with van der Waals surface area (Å²) in [6.07, 6.45) is 0. The van der Waals surface area contributed by atoms with E-state index in [0.717, 1.165) is 31.7 Å². The fourth-order valence-corrected chi connectivity index (χ4v) is 14.1. The lowest BCUT2D eigenvalue weighted by Crippen LogP contribution is -2.74. The average molecular weight is 807 g/mol. The zero-order valence-corrected chi connectivity index (χ0v) is 32.3. The number of hydrogen-bond acceptors (Lipinski definition) is 2. The maximum Gasteiger partial charge on any atom is 0.289 e. The summed E-state index contributed by atoms with van der Waals surface area (Å²) in [5.41, 5.74) is -3.87. The lowest BCUT2D eigenvalue weighted by Gasteiger charge is -2.37. The first kappa shape index (κ1) is 19.3. The largest absolute Gasteiger partial charge is 0.458 e. The number of rotatable bonds is 6. The molecule has 5 heteroatoms. The van der Waals surface area contributed by atoms with Gasteiger partial charge in [-0.2, -0.15) is 11.6 Å². The number of benzene rings is 9. The minimum Gasteiger partial charge on any atom is -0.458 e. The van der Waals surface area contributed by atoms with Gasteiger partial charge < -0.3 is 9.30 Å². The van der Waals surface area contributed by atoms with Crippen molar-refractivity contribution in [2.24, 2.45) is 0 Å². The molecule has 59 heavy (non-hydrogen) atoms. The van der Waals surface area contributed by atoms with Crippen LogP contribution in [0.3, 0.4) is 0 Å². The zero-order chi connectivity index (χ0) is 57.2. The third-order valence-corrected chi connectivity index (χ3v) is 16.7. The Hall–Kier alpha value is -6.79. The van der Waals surface area contributed by atoms with Gasteiger partial charge in [0.2, 0.25) is 0 Å². The van der Waals surface area contributed by atoms with Crippen molar-refractivity contribution in [1.29, 1.82) is 0 Å². The molecule has 0 fully saturated rings. The van der Waals surface area contributed by atoms with Crippen LogP contribution in [0, 0.1) is 0 Å². The fourth-order valence-electron chi connectivity index (χ4n) is 8.37. The van der Waals surface area contributed by atoms with Crippen molar-refractivity contribution < 1.29 is 33.5 Å². The summed E-state index contributed by atoms with van der Waals surface area (Å²) in [6.45, 7) is 0. The molecule has 0 amide bonds. The van der Waals surface area contributed by atoms with Crippen LogP contribution in [0.1, 0.15) is 28.8 Å². The minimum absolute atomic E-state index is 0.0694. The quantitative estimate of drug-likeness (QED) is 0.123. The molecule has 0 unspecified atom stereocenters. The molecule has 0 aliphatic carbocycles. The first-order chi connectivity index (χ1) is 38.0. The minimum atomic E-state index is -3.87. The van der Waals surface area contributed by atoms with E-state index in [2.05, 4.69) is 0 Å². The fraction of sp³-hybridized carbons (Fsp3) is 0. The van der Waals surface area contributed by atoms with Crippen molar-refractivity contribution in [1.82, 2.24) is 4.57 Å². The molecule has 10 aromatic rings. The van der Waals surface area contributed by atoms with E-state index in [9.17, 15) is 15.1 Å². The molecule has 2 nitrogen and oxygen atoms in total. The molecule has 276 valence electrons. The van der Waals surface area contributed by atoms with Gasteiger partial charge in [0, 0.05) is 21.2 Å². The molecule has 1 aromatic heterocycles. The highest BCUT2D eigenvalue weighted by atomic mass is 32.2. The standard InChI is InChI=1S/C54H36BNOSSi/c1-4-18-38(19-5-1)59(39-20-6-2-7-21-39,40-22-8-3-9-23-40)41-32-33-47-51(36-41)57-52-35-37(34-46-45-27-13-17-31-53(45)58-55(47)54(46)52)42-24-10-14-28-48(42)56-49-29-15-11-25-43(49)44-26-12-16-30-50(44)56/h1-36H/i10D,11D,12D,13D,14D,15D,16D,17D,24D,25D,26D,27D,28D,29D,30D,31D,32D,33D,34D,35D,36D. The molecule has 2 aliphatic heterocycles. The lowest BCUT2D eigenvalue weighted by molar-refractivity contribution is 0.488. The van der Waals surface area contributed by atoms with Crippen LogP contribution >= 0.6 is 11.6 Å². The average Bonchev–Trinajstić information content (AvgIpc) is 3.99. The molecule has 0 saturated heterocycles. The summed E-state index contributed by atoms with van der Waals surface area (Å²) < 4.78 is 204. The second kappa shape index (κ2) is 13.7. The summed E-state index contributed by atoms with van der Waals surface area (Å²) >= 11 is 0.847. The van der Waals surface area contributed by atoms with E-state index in [1.807, 2.05) is 91.0 Å². The Balaban J connectivity index is 1.27. The number of nitrogens with zero attached hydrogens (tertiary/aromatic N) is 1. The van der Waals surface area contributed by atoms with Gasteiger partial charge in [0.15, 0.2) is 8.07 Å². The molecular formula is C54H36BNOSSi. The van der Waals surface area contributed by atoms with Crippen molar-refractivity contribution in [2.45, 2.75) is 4.90 Å². The summed E-state index contributed by atoms with van der Waals surface area (Å²) in [7, 11) is -3.87. The van der Waals surface area contributed by atoms with Gasteiger partial charge in [-0.25, -0.2) is 0 Å². The highest BCUT2D eigenvalue weighted by molar-refractivity contribution is 8.28. The van der Waals surface area contributed by atoms with Gasteiger partial charge in [0.25, 0.3) is 5.99 Å². The van der Waals surface area contributed by atoms with Crippen LogP contribution in [-0.2, 0) is 0 Å². The first-order valence-electron chi connectivity index (χ1n) is 29.1. The lowest BCUT2D eigenvalue weighted by atomic mass is 9.57. The number of ether oxygens (including phenoxy) is 1. The smallest absolute Gasteiger partial charge is 0.289 e. The van der Waals surface area contributed by atoms with E-state index in [0.29, 0.717) is 0 Å². The number of aromatic nitrogens is 1. The summed E-state index contributed by atoms with van der Waals surface area (Å²) in [5.74, 6) is -2.06. The van der Waals surface area contributed by atoms with Crippen molar-refractivity contribution in [3.8, 4) is 39.4 Å². The van der Waals surface area contributed by atoms with Gasteiger partial charge in [-0.3, -0.25) is 0 Å². The second-order valence-electron chi connectivity index (χ2n) is 13.9. The van der Waals surface area contributed by atoms with Crippen LogP contribution in [0.25, 0.3) is 49.7 Å². The third-order valence-electron chi connectivity index (χ3n) is 10.8. The number of hydrogen-bond donors (Lipinski definition) is 0. The maximum atomic E-state index is 10.4. The van der Waals surface area contributed by atoms with E-state index < -0.39 is 173 Å². The molecule has 12 rings (SSSR count). The molecule has 0 saturated carbocycles. The monoisotopic (exact) mass is 806 g/mol. The Morgan fingerprint density at radius 2 is 1.05 bits per heavy atom. The Kier molecular flexibility index (Phi) is 4.47. The third kappa shape index (κ3) is 5.22. The topological polar surface area (TPSA) is 14.2 Å². The van der Waals surface area contributed by atoms with Crippen LogP contribution in [0.5, 0.6) is 11.5 Å². The van der Waals surface area contributed by atoms with Crippen LogP contribution < -0.4 is 36.4 Å². The van der Waals surface area contributed by atoms with Crippen LogP contribution in [-0.4, -0.2) is 18.6 Å². The Morgan fingerprint density at radius 3 is 1.69 bits per heavy atom. The van der Waals surface area contributed by atoms with Gasteiger partial charge >= 0.3 is 0 Å². The van der Waals surface area contributed by atoms with Crippen molar-refractivity contribution in [3.63, 3.8) is 0 Å². The van der Waals surface area contributed by atoms with Gasteiger partial charge in [-0.15, -0.1) is 0 Å². The van der Waals surface area contributed by atoms with E-state index in [4.69, 9.17) is 18.4 Å². The van der Waals surface area contributed by atoms with Crippen molar-refractivity contribution in [3.05, 3.63) is 218 Å². The highest BCUT2D eigenvalue weighted by Gasteiger charge is 2.44. The SMILES string of the molecule is [2H]c1c([2H])c([2H])c2c(c1[2H])SB1c3c([2H])c([2H])c([Si](c4ccccc4)(c4ccccc4)c4ccccc4)c([2H])c3Oc3c([2H])c(-c4c([2H])c([2H])c([2H])c([2H])c4-n4c5c([2H])c([2H])c([2H])c([2H])c5c5c([2H])c([2H])c([2H])c([2H])c54)c([2H])c-2c31. The van der Waals surface area contributed by atoms with Crippen LogP contribution in [0.4, 0.5) is 0 Å². The van der Waals surface area contributed by atoms with Crippen LogP contribution in [0.15, 0.2) is 223 Å². The molecule has 3 heterocycles. The van der Waals surface area contributed by atoms with Crippen LogP contribution in [0.2, 0.25) is 0 Å². The Morgan fingerprint density at radius 1 is 0.492 bits per heavy atom. The zero-order valence-electron chi connectivity index (χ0n) is 51.5. The van der Waals surface area contributed by atoms with Gasteiger partial charge in [0.05, 0.1) is 45.5 Å². The van der Waals surface area contributed by atoms with E-state index in [1.165, 1.54) is 0 Å². The number of fused-ring (bicyclic) bond motifs is 7. The van der Waals surface area contributed by atoms with Gasteiger partial charge in [-0.1, -0.05) is 176 Å². The summed E-state index contributed by atoms with van der Waals surface area (Å²) in [5, 5.41) is 1.48. The van der Waals surface area contributed by atoms with Gasteiger partial charge in [-0.05, 0) is 90.7 Å². The molecule has 0 atom stereocenters. The Labute approximate surface area is 378 Å². The highest BCUT2D eigenvalue weighted by Crippen LogP contribution is 2.46. The molecule has 9 aromatic carbocycles. The molecule has 2 aliphatic rings. The predicted molar refractivity (Wildman–Crippen MR) is 253 cm³/mol. The molecular weight excluding hydrogens is 750 g/mol. The second-order valence-corrected chi connectivity index (χ2v) is 18.7. The molecule has 0 spiro atoms. The first-order valence-corrected chi connectivity index (χ1v) is 21.5. The van der Waals surface area contributed by atoms with Crippen molar-refractivity contribution in [2.75, 3.05) is 0 Å². The molecule has 0 N–H and O–H groups in total. The van der Waals surface area contributed by atoms with E-state index in [-0.39, 0.29) is 50.0 Å². The summed E-state index contributed by atoms with van der Waals surface area (Å²) in [6, 6.07) is 12.7.